The molecular weight excluding hydrogens is 424 g/mol. The third-order valence-electron chi connectivity index (χ3n) is 4.62. The Bertz CT molecular complexity index is 1060. The fourth-order valence-corrected chi connectivity index (χ4v) is 3.18. The first-order valence-electron chi connectivity index (χ1n) is 9.77. The molecule has 0 radical (unpaired) electrons. The molecule has 2 N–H and O–H groups in total. The number of halogens is 2. The van der Waals surface area contributed by atoms with Crippen molar-refractivity contribution in [2.24, 2.45) is 0 Å². The van der Waals surface area contributed by atoms with Gasteiger partial charge >= 0.3 is 11.9 Å². The predicted octanol–water partition coefficient (Wildman–Crippen LogP) is 2.41. The average molecular weight is 445 g/mol. The Labute approximate surface area is 182 Å². The SMILES string of the molecule is CCOC(=O)Cn1nnnc1C(NC(CC(=O)O)c1ccc(F)cc1)c1ccc(F)cc1. The molecule has 0 aliphatic carbocycles. The molecule has 2 atom stereocenters. The lowest BCUT2D eigenvalue weighted by Crippen LogP contribution is -2.32. The second-order valence-electron chi connectivity index (χ2n) is 6.85. The fraction of sp³-hybridized carbons (Fsp3) is 0.286. The van der Waals surface area contributed by atoms with Crippen LogP contribution in [0.25, 0.3) is 0 Å². The normalized spacial score (nSPS) is 12.8. The summed E-state index contributed by atoms with van der Waals surface area (Å²) in [5, 5.41) is 24.0. The molecule has 0 bridgehead atoms. The number of carboxylic acid groups (broad SMARTS) is 1. The van der Waals surface area contributed by atoms with Gasteiger partial charge in [0.1, 0.15) is 18.2 Å². The topological polar surface area (TPSA) is 119 Å². The lowest BCUT2D eigenvalue weighted by Gasteiger charge is -2.25. The first-order valence-corrected chi connectivity index (χ1v) is 9.77. The highest BCUT2D eigenvalue weighted by Gasteiger charge is 2.27. The maximum atomic E-state index is 13.5. The summed E-state index contributed by atoms with van der Waals surface area (Å²) in [6.45, 7) is 1.58. The van der Waals surface area contributed by atoms with Crippen molar-refractivity contribution in [3.05, 3.63) is 77.1 Å². The van der Waals surface area contributed by atoms with Crippen LogP contribution in [0.4, 0.5) is 8.78 Å². The minimum Gasteiger partial charge on any atom is -0.481 e. The molecule has 0 amide bonds. The van der Waals surface area contributed by atoms with Crippen LogP contribution in [0.2, 0.25) is 0 Å². The molecule has 2 aromatic carbocycles. The van der Waals surface area contributed by atoms with Crippen molar-refractivity contribution >= 4 is 11.9 Å². The lowest BCUT2D eigenvalue weighted by molar-refractivity contribution is -0.144. The monoisotopic (exact) mass is 445 g/mol. The van der Waals surface area contributed by atoms with Crippen molar-refractivity contribution < 1.29 is 28.2 Å². The zero-order valence-electron chi connectivity index (χ0n) is 17.1. The molecule has 3 rings (SSSR count). The molecule has 11 heteroatoms. The van der Waals surface area contributed by atoms with Crippen LogP contribution < -0.4 is 5.32 Å². The number of aromatic nitrogens is 4. The Morgan fingerprint density at radius 1 is 1.06 bits per heavy atom. The van der Waals surface area contributed by atoms with E-state index >= 15 is 0 Å². The van der Waals surface area contributed by atoms with E-state index in [1.807, 2.05) is 0 Å². The zero-order chi connectivity index (χ0) is 23.1. The Morgan fingerprint density at radius 3 is 2.22 bits per heavy atom. The van der Waals surface area contributed by atoms with E-state index in [2.05, 4.69) is 20.8 Å². The largest absolute Gasteiger partial charge is 0.481 e. The molecule has 1 heterocycles. The van der Waals surface area contributed by atoms with Gasteiger partial charge in [0.15, 0.2) is 5.82 Å². The maximum Gasteiger partial charge on any atom is 0.327 e. The van der Waals surface area contributed by atoms with Gasteiger partial charge in [0.25, 0.3) is 0 Å². The molecule has 32 heavy (non-hydrogen) atoms. The van der Waals surface area contributed by atoms with Gasteiger partial charge in [-0.1, -0.05) is 24.3 Å². The highest BCUT2D eigenvalue weighted by Crippen LogP contribution is 2.27. The summed E-state index contributed by atoms with van der Waals surface area (Å²) in [6.07, 6.45) is -0.331. The van der Waals surface area contributed by atoms with Crippen LogP contribution in [-0.2, 0) is 20.9 Å². The molecule has 0 spiro atoms. The van der Waals surface area contributed by atoms with Crippen LogP contribution in [0.5, 0.6) is 0 Å². The van der Waals surface area contributed by atoms with Crippen LogP contribution in [0.1, 0.15) is 42.4 Å². The second kappa shape index (κ2) is 10.5. The number of carboxylic acids is 1. The first kappa shape index (κ1) is 22.9. The minimum absolute atomic E-state index is 0.182. The van der Waals surface area contributed by atoms with Crippen molar-refractivity contribution in [1.29, 1.82) is 0 Å². The number of benzene rings is 2. The zero-order valence-corrected chi connectivity index (χ0v) is 17.1. The standard InChI is InChI=1S/C21H21F2N5O4/c1-2-32-19(31)12-28-21(25-26-27-28)20(14-5-9-16(23)10-6-14)24-17(11-18(29)30)13-3-7-15(22)8-4-13/h3-10,17,20,24H,2,11-12H2,1H3,(H,29,30). The number of hydrogen-bond acceptors (Lipinski definition) is 7. The summed E-state index contributed by atoms with van der Waals surface area (Å²) in [6, 6.07) is 9.30. The lowest BCUT2D eigenvalue weighted by atomic mass is 9.99. The third kappa shape index (κ3) is 5.91. The average Bonchev–Trinajstić information content (AvgIpc) is 3.20. The van der Waals surface area contributed by atoms with E-state index in [1.165, 1.54) is 53.2 Å². The highest BCUT2D eigenvalue weighted by atomic mass is 19.1. The van der Waals surface area contributed by atoms with Gasteiger partial charge < -0.3 is 9.84 Å². The summed E-state index contributed by atoms with van der Waals surface area (Å²) in [7, 11) is 0. The smallest absolute Gasteiger partial charge is 0.327 e. The molecule has 0 saturated heterocycles. The number of carbonyl (C=O) groups is 2. The number of aliphatic carboxylic acids is 1. The molecular formula is C21H21F2N5O4. The summed E-state index contributed by atoms with van der Waals surface area (Å²) in [4.78, 5) is 23.5. The Hall–Kier alpha value is -3.73. The number of tetrazole rings is 1. The van der Waals surface area contributed by atoms with E-state index in [4.69, 9.17) is 4.74 Å². The number of ether oxygens (including phenoxy) is 1. The quantitative estimate of drug-likeness (QED) is 0.457. The van der Waals surface area contributed by atoms with Crippen LogP contribution in [0.3, 0.4) is 0 Å². The third-order valence-corrected chi connectivity index (χ3v) is 4.62. The number of nitrogens with zero attached hydrogens (tertiary/aromatic N) is 4. The summed E-state index contributed by atoms with van der Waals surface area (Å²) < 4.78 is 33.1. The van der Waals surface area contributed by atoms with Gasteiger partial charge in [-0.2, -0.15) is 0 Å². The molecule has 0 fully saturated rings. The van der Waals surface area contributed by atoms with Crippen LogP contribution in [0.15, 0.2) is 48.5 Å². The van der Waals surface area contributed by atoms with Gasteiger partial charge in [0, 0.05) is 6.04 Å². The number of rotatable bonds is 10. The predicted molar refractivity (Wildman–Crippen MR) is 107 cm³/mol. The summed E-state index contributed by atoms with van der Waals surface area (Å²) >= 11 is 0. The summed E-state index contributed by atoms with van der Waals surface area (Å²) in [5.74, 6) is -2.37. The van der Waals surface area contributed by atoms with Gasteiger partial charge in [-0.25, -0.2) is 13.5 Å². The van der Waals surface area contributed by atoms with Crippen molar-refractivity contribution in [2.45, 2.75) is 32.0 Å². The van der Waals surface area contributed by atoms with Gasteiger partial charge in [0.2, 0.25) is 0 Å². The number of nitrogens with one attached hydrogen (secondary N) is 1. The van der Waals surface area contributed by atoms with Crippen molar-refractivity contribution in [2.75, 3.05) is 6.61 Å². The van der Waals surface area contributed by atoms with Gasteiger partial charge in [0.05, 0.1) is 19.1 Å². The molecule has 3 aromatic rings. The molecule has 168 valence electrons. The van der Waals surface area contributed by atoms with Crippen molar-refractivity contribution in [3.8, 4) is 0 Å². The Balaban J connectivity index is 2.00. The van der Waals surface area contributed by atoms with Gasteiger partial charge in [-0.3, -0.25) is 14.9 Å². The van der Waals surface area contributed by atoms with Crippen LogP contribution >= 0.6 is 0 Å². The van der Waals surface area contributed by atoms with Crippen LogP contribution in [-0.4, -0.2) is 43.9 Å². The van der Waals surface area contributed by atoms with Crippen molar-refractivity contribution in [3.63, 3.8) is 0 Å². The number of esters is 1. The highest BCUT2D eigenvalue weighted by molar-refractivity contribution is 5.69. The molecule has 0 aliphatic rings. The molecule has 2 unspecified atom stereocenters. The van der Waals surface area contributed by atoms with E-state index in [0.717, 1.165) is 0 Å². The van der Waals surface area contributed by atoms with E-state index in [0.29, 0.717) is 11.1 Å². The number of carbonyl (C=O) groups excluding carboxylic acids is 1. The minimum atomic E-state index is -1.09. The molecule has 0 aliphatic heterocycles. The van der Waals surface area contributed by atoms with Gasteiger partial charge in [-0.15, -0.1) is 5.10 Å². The second-order valence-corrected chi connectivity index (χ2v) is 6.85. The molecule has 0 saturated carbocycles. The van der Waals surface area contributed by atoms with E-state index in [1.54, 1.807) is 6.92 Å². The Kier molecular flexibility index (Phi) is 7.55. The summed E-state index contributed by atoms with van der Waals surface area (Å²) in [5.41, 5.74) is 1.05. The number of hydrogen-bond donors (Lipinski definition) is 2. The fourth-order valence-electron chi connectivity index (χ4n) is 3.18. The van der Waals surface area contributed by atoms with E-state index < -0.39 is 35.7 Å². The molecule has 9 nitrogen and oxygen atoms in total. The first-order chi connectivity index (χ1) is 15.4. The Morgan fingerprint density at radius 2 is 1.66 bits per heavy atom. The van der Waals surface area contributed by atoms with Crippen LogP contribution in [0, 0.1) is 11.6 Å². The maximum absolute atomic E-state index is 13.5. The molecule has 1 aromatic heterocycles. The van der Waals surface area contributed by atoms with E-state index in [-0.39, 0.29) is 25.4 Å². The van der Waals surface area contributed by atoms with E-state index in [9.17, 15) is 23.5 Å². The van der Waals surface area contributed by atoms with Gasteiger partial charge in [-0.05, 0) is 52.7 Å². The van der Waals surface area contributed by atoms with Crippen molar-refractivity contribution in [1.82, 2.24) is 25.5 Å².